The predicted molar refractivity (Wildman–Crippen MR) is 30.4 cm³/mol. The first-order chi connectivity index (χ1) is 3.81. The molecule has 0 unspecified atom stereocenters. The van der Waals surface area contributed by atoms with Gasteiger partial charge in [0.1, 0.15) is 12.6 Å². The standard InChI is InChI=1S/C6H6O2/c1-6(5-8)3-2-4-7/h2-5H,1H2/b3-2+. The zero-order chi connectivity index (χ0) is 6.41. The molecule has 0 aliphatic rings. The maximum absolute atomic E-state index is 9.74. The summed E-state index contributed by atoms with van der Waals surface area (Å²) in [6.45, 7) is 3.30. The molecule has 0 amide bonds. The van der Waals surface area contributed by atoms with Gasteiger partial charge in [0.25, 0.3) is 0 Å². The fourth-order valence-electron chi connectivity index (χ4n) is 0.202. The molecule has 0 rings (SSSR count). The summed E-state index contributed by atoms with van der Waals surface area (Å²) in [4.78, 5) is 19.3. The van der Waals surface area contributed by atoms with Crippen LogP contribution in [-0.2, 0) is 9.59 Å². The summed E-state index contributed by atoms with van der Waals surface area (Å²) in [5.74, 6) is 0. The Labute approximate surface area is 47.5 Å². The monoisotopic (exact) mass is 110 g/mol. The molecule has 0 bridgehead atoms. The second kappa shape index (κ2) is 3.99. The number of hydrogen-bond donors (Lipinski definition) is 0. The van der Waals surface area contributed by atoms with Crippen molar-refractivity contribution in [1.29, 1.82) is 0 Å². The second-order valence-electron chi connectivity index (χ2n) is 1.19. The highest BCUT2D eigenvalue weighted by Crippen LogP contribution is 1.82. The molecule has 0 saturated heterocycles. The van der Waals surface area contributed by atoms with Gasteiger partial charge >= 0.3 is 0 Å². The topological polar surface area (TPSA) is 34.1 Å². The van der Waals surface area contributed by atoms with E-state index in [4.69, 9.17) is 0 Å². The van der Waals surface area contributed by atoms with Crippen LogP contribution in [0.2, 0.25) is 0 Å². The van der Waals surface area contributed by atoms with Crippen LogP contribution in [0.3, 0.4) is 0 Å². The highest BCUT2D eigenvalue weighted by molar-refractivity contribution is 5.79. The Hall–Kier alpha value is -1.18. The third kappa shape index (κ3) is 3.03. The number of carbonyl (C=O) groups excluding carboxylic acids is 2. The molecule has 0 N–H and O–H groups in total. The first kappa shape index (κ1) is 6.82. The Morgan fingerprint density at radius 1 is 1.38 bits per heavy atom. The third-order valence-electron chi connectivity index (χ3n) is 0.540. The Kier molecular flexibility index (Phi) is 3.40. The molecule has 8 heavy (non-hydrogen) atoms. The fraction of sp³-hybridized carbons (Fsp3) is 0. The molecule has 0 aromatic carbocycles. The van der Waals surface area contributed by atoms with Crippen molar-refractivity contribution >= 4 is 12.6 Å². The Morgan fingerprint density at radius 3 is 2.38 bits per heavy atom. The second-order valence-corrected chi connectivity index (χ2v) is 1.19. The van der Waals surface area contributed by atoms with Crippen LogP contribution >= 0.6 is 0 Å². The van der Waals surface area contributed by atoms with Gasteiger partial charge in [0.2, 0.25) is 0 Å². The van der Waals surface area contributed by atoms with Crippen molar-refractivity contribution in [2.45, 2.75) is 0 Å². The van der Waals surface area contributed by atoms with Crippen molar-refractivity contribution in [3.05, 3.63) is 24.3 Å². The van der Waals surface area contributed by atoms with Crippen LogP contribution in [0.5, 0.6) is 0 Å². The molecule has 0 saturated carbocycles. The van der Waals surface area contributed by atoms with Crippen LogP contribution in [-0.4, -0.2) is 12.6 Å². The number of allylic oxidation sites excluding steroid dienone is 3. The van der Waals surface area contributed by atoms with Crippen LogP contribution in [0.25, 0.3) is 0 Å². The van der Waals surface area contributed by atoms with E-state index in [0.29, 0.717) is 18.1 Å². The zero-order valence-corrected chi connectivity index (χ0v) is 4.33. The molecule has 0 heterocycles. The lowest BCUT2D eigenvalue weighted by Crippen LogP contribution is -1.72. The van der Waals surface area contributed by atoms with Crippen molar-refractivity contribution in [2.75, 3.05) is 0 Å². The van der Waals surface area contributed by atoms with E-state index in [9.17, 15) is 9.59 Å². The summed E-state index contributed by atoms with van der Waals surface area (Å²) in [6.07, 6.45) is 3.74. The molecule has 0 atom stereocenters. The molecule has 0 aromatic heterocycles. The van der Waals surface area contributed by atoms with Crippen LogP contribution in [0.4, 0.5) is 0 Å². The van der Waals surface area contributed by atoms with Gasteiger partial charge < -0.3 is 0 Å². The molecule has 42 valence electrons. The molecule has 0 radical (unpaired) electrons. The highest BCUT2D eigenvalue weighted by atomic mass is 16.1. The van der Waals surface area contributed by atoms with Gasteiger partial charge in [0.15, 0.2) is 0 Å². The number of carbonyl (C=O) groups is 2. The fourth-order valence-corrected chi connectivity index (χ4v) is 0.202. The van der Waals surface area contributed by atoms with Gasteiger partial charge in [-0.1, -0.05) is 6.58 Å². The molecule has 0 aliphatic heterocycles. The maximum atomic E-state index is 9.74. The molecular weight excluding hydrogens is 104 g/mol. The molecule has 0 aromatic rings. The molecule has 0 fully saturated rings. The summed E-state index contributed by atoms with van der Waals surface area (Å²) < 4.78 is 0. The minimum atomic E-state index is 0.303. The van der Waals surface area contributed by atoms with E-state index in [1.54, 1.807) is 0 Å². The van der Waals surface area contributed by atoms with E-state index >= 15 is 0 Å². The lowest BCUT2D eigenvalue weighted by Gasteiger charge is -1.75. The van der Waals surface area contributed by atoms with Crippen molar-refractivity contribution in [1.82, 2.24) is 0 Å². The predicted octanol–water partition coefficient (Wildman–Crippen LogP) is 0.497. The summed E-state index contributed by atoms with van der Waals surface area (Å²) in [5, 5.41) is 0. The van der Waals surface area contributed by atoms with Crippen molar-refractivity contribution < 1.29 is 9.59 Å². The summed E-state index contributed by atoms with van der Waals surface area (Å²) in [7, 11) is 0. The Bertz CT molecular complexity index is 133. The maximum Gasteiger partial charge on any atom is 0.149 e. The van der Waals surface area contributed by atoms with E-state index in [2.05, 4.69) is 6.58 Å². The number of rotatable bonds is 3. The number of aldehydes is 2. The van der Waals surface area contributed by atoms with Gasteiger partial charge in [-0.25, -0.2) is 0 Å². The quantitative estimate of drug-likeness (QED) is 0.301. The van der Waals surface area contributed by atoms with Crippen LogP contribution < -0.4 is 0 Å². The Morgan fingerprint density at radius 2 is 2.00 bits per heavy atom. The minimum absolute atomic E-state index is 0.303. The first-order valence-electron chi connectivity index (χ1n) is 2.07. The number of hydrogen-bond acceptors (Lipinski definition) is 2. The molecule has 0 spiro atoms. The highest BCUT2D eigenvalue weighted by Gasteiger charge is 1.76. The molecular formula is C6H6O2. The van der Waals surface area contributed by atoms with Gasteiger partial charge in [-0.3, -0.25) is 9.59 Å². The first-order valence-corrected chi connectivity index (χ1v) is 2.07. The van der Waals surface area contributed by atoms with E-state index in [1.807, 2.05) is 0 Å². The van der Waals surface area contributed by atoms with Gasteiger partial charge in [-0.2, -0.15) is 0 Å². The van der Waals surface area contributed by atoms with Crippen molar-refractivity contribution in [3.63, 3.8) is 0 Å². The van der Waals surface area contributed by atoms with Crippen LogP contribution in [0, 0.1) is 0 Å². The summed E-state index contributed by atoms with van der Waals surface area (Å²) >= 11 is 0. The van der Waals surface area contributed by atoms with E-state index in [-0.39, 0.29) is 0 Å². The van der Waals surface area contributed by atoms with E-state index in [1.165, 1.54) is 12.2 Å². The van der Waals surface area contributed by atoms with Crippen LogP contribution in [0.1, 0.15) is 0 Å². The van der Waals surface area contributed by atoms with Gasteiger partial charge in [-0.05, 0) is 12.2 Å². The van der Waals surface area contributed by atoms with Crippen molar-refractivity contribution in [3.8, 4) is 0 Å². The van der Waals surface area contributed by atoms with E-state index in [0.717, 1.165) is 0 Å². The van der Waals surface area contributed by atoms with E-state index < -0.39 is 0 Å². The Balaban J connectivity index is 3.69. The molecule has 2 nitrogen and oxygen atoms in total. The van der Waals surface area contributed by atoms with Crippen molar-refractivity contribution in [2.24, 2.45) is 0 Å². The summed E-state index contributed by atoms with van der Waals surface area (Å²) in [5.41, 5.74) is 0.303. The smallest absolute Gasteiger partial charge is 0.149 e. The zero-order valence-electron chi connectivity index (χ0n) is 4.33. The average molecular weight is 110 g/mol. The van der Waals surface area contributed by atoms with Gasteiger partial charge in [0.05, 0.1) is 0 Å². The minimum Gasteiger partial charge on any atom is -0.299 e. The lowest BCUT2D eigenvalue weighted by molar-refractivity contribution is -0.104. The van der Waals surface area contributed by atoms with Gasteiger partial charge in [-0.15, -0.1) is 0 Å². The SMILES string of the molecule is C=C(C=O)/C=C/C=O. The van der Waals surface area contributed by atoms with Gasteiger partial charge in [0, 0.05) is 5.57 Å². The normalized spacial score (nSPS) is 9.00. The molecule has 2 heteroatoms. The molecule has 0 aliphatic carbocycles. The largest absolute Gasteiger partial charge is 0.299 e. The third-order valence-corrected chi connectivity index (χ3v) is 0.540. The van der Waals surface area contributed by atoms with Crippen LogP contribution in [0.15, 0.2) is 24.3 Å². The lowest BCUT2D eigenvalue weighted by atomic mass is 10.3. The summed E-state index contributed by atoms with van der Waals surface area (Å²) in [6, 6.07) is 0. The average Bonchev–Trinajstić information content (AvgIpc) is 1.83.